The van der Waals surface area contributed by atoms with Gasteiger partial charge in [0.2, 0.25) is 0 Å². The van der Waals surface area contributed by atoms with Crippen molar-refractivity contribution >= 4 is 29.0 Å². The SMILES string of the molecule is CC[C@H](Nc1cc(C(F)F)c(-c2sc(C(=O)N[C@@H]3COC[C@H]3O)nc2C(=O)N2CCC[C@@H]2C)cn1)C(F)(F)F. The van der Waals surface area contributed by atoms with Gasteiger partial charge in [0.15, 0.2) is 5.01 Å². The largest absolute Gasteiger partial charge is 0.408 e. The minimum absolute atomic E-state index is 0.0294. The first-order valence-corrected chi connectivity index (χ1v) is 13.2. The van der Waals surface area contributed by atoms with Gasteiger partial charge in [0.05, 0.1) is 30.2 Å². The van der Waals surface area contributed by atoms with E-state index in [0.717, 1.165) is 25.1 Å². The van der Waals surface area contributed by atoms with Crippen LogP contribution in [-0.4, -0.2) is 82.0 Å². The van der Waals surface area contributed by atoms with Crippen LogP contribution >= 0.6 is 11.3 Å². The topological polar surface area (TPSA) is 117 Å². The molecular formula is C24H28F5N5O4S. The number of carbonyl (C=O) groups excluding carboxylic acids is 2. The number of hydrogen-bond acceptors (Lipinski definition) is 8. The highest BCUT2D eigenvalue weighted by Crippen LogP contribution is 2.39. The van der Waals surface area contributed by atoms with Crippen LogP contribution in [0.3, 0.4) is 0 Å². The van der Waals surface area contributed by atoms with E-state index in [1.54, 1.807) is 0 Å². The highest BCUT2D eigenvalue weighted by atomic mass is 32.1. The van der Waals surface area contributed by atoms with Crippen molar-refractivity contribution in [2.75, 3.05) is 25.1 Å². The summed E-state index contributed by atoms with van der Waals surface area (Å²) in [5, 5.41) is 14.5. The Labute approximate surface area is 224 Å². The van der Waals surface area contributed by atoms with Crippen LogP contribution in [0.15, 0.2) is 12.3 Å². The molecule has 0 aliphatic carbocycles. The summed E-state index contributed by atoms with van der Waals surface area (Å²) < 4.78 is 73.2. The molecule has 2 aliphatic rings. The molecule has 0 aromatic carbocycles. The molecule has 0 unspecified atom stereocenters. The van der Waals surface area contributed by atoms with E-state index in [1.807, 2.05) is 6.92 Å². The maximum Gasteiger partial charge on any atom is 0.408 e. The van der Waals surface area contributed by atoms with E-state index in [2.05, 4.69) is 20.6 Å². The molecule has 4 atom stereocenters. The number of aromatic nitrogens is 2. The Morgan fingerprint density at radius 3 is 2.62 bits per heavy atom. The number of likely N-dealkylation sites (tertiary alicyclic amines) is 1. The fraction of sp³-hybridized carbons (Fsp3) is 0.583. The summed E-state index contributed by atoms with van der Waals surface area (Å²) in [5.74, 6) is -1.69. The highest BCUT2D eigenvalue weighted by molar-refractivity contribution is 7.17. The predicted octanol–water partition coefficient (Wildman–Crippen LogP) is 4.01. The van der Waals surface area contributed by atoms with Crippen molar-refractivity contribution in [1.82, 2.24) is 20.2 Å². The van der Waals surface area contributed by atoms with Crippen LogP contribution in [0.1, 0.15) is 65.4 Å². The number of nitrogens with one attached hydrogen (secondary N) is 2. The second kappa shape index (κ2) is 11.7. The third-order valence-corrected chi connectivity index (χ3v) is 7.83. The number of ether oxygens (including phenoxy) is 1. The van der Waals surface area contributed by atoms with Gasteiger partial charge in [0.25, 0.3) is 18.2 Å². The van der Waals surface area contributed by atoms with Gasteiger partial charge in [-0.05, 0) is 32.3 Å². The molecule has 3 N–H and O–H groups in total. The van der Waals surface area contributed by atoms with Crippen molar-refractivity contribution in [1.29, 1.82) is 0 Å². The molecular weight excluding hydrogens is 549 g/mol. The Balaban J connectivity index is 1.74. The Morgan fingerprint density at radius 2 is 2.05 bits per heavy atom. The van der Waals surface area contributed by atoms with E-state index in [4.69, 9.17) is 4.74 Å². The zero-order valence-corrected chi connectivity index (χ0v) is 21.9. The summed E-state index contributed by atoms with van der Waals surface area (Å²) >= 11 is 0.687. The number of rotatable bonds is 8. The number of aliphatic hydroxyl groups excluding tert-OH is 1. The van der Waals surface area contributed by atoms with Crippen LogP contribution < -0.4 is 10.6 Å². The number of nitrogens with zero attached hydrogens (tertiary/aromatic N) is 3. The first-order chi connectivity index (χ1) is 18.4. The Morgan fingerprint density at radius 1 is 1.31 bits per heavy atom. The van der Waals surface area contributed by atoms with Crippen LogP contribution in [0.2, 0.25) is 0 Å². The minimum Gasteiger partial charge on any atom is -0.388 e. The van der Waals surface area contributed by atoms with Crippen LogP contribution in [0.4, 0.5) is 27.8 Å². The first-order valence-electron chi connectivity index (χ1n) is 12.4. The van der Waals surface area contributed by atoms with Crippen molar-refractivity contribution in [3.05, 3.63) is 28.5 Å². The molecule has 15 heteroatoms. The number of anilines is 1. The van der Waals surface area contributed by atoms with Gasteiger partial charge < -0.3 is 25.4 Å². The van der Waals surface area contributed by atoms with Gasteiger partial charge in [-0.15, -0.1) is 11.3 Å². The molecule has 0 spiro atoms. The molecule has 2 aromatic heterocycles. The summed E-state index contributed by atoms with van der Waals surface area (Å²) in [4.78, 5) is 36.0. The van der Waals surface area contributed by atoms with Crippen LogP contribution in [-0.2, 0) is 4.74 Å². The van der Waals surface area contributed by atoms with Gasteiger partial charge >= 0.3 is 6.18 Å². The summed E-state index contributed by atoms with van der Waals surface area (Å²) in [6.07, 6.45) is -6.61. The zero-order chi connectivity index (χ0) is 28.5. The molecule has 2 amide bonds. The van der Waals surface area contributed by atoms with Gasteiger partial charge in [0.1, 0.15) is 17.6 Å². The average Bonchev–Trinajstić information content (AvgIpc) is 3.61. The summed E-state index contributed by atoms with van der Waals surface area (Å²) in [7, 11) is 0. The quantitative estimate of drug-likeness (QED) is 0.406. The molecule has 2 saturated heterocycles. The maximum atomic E-state index is 14.2. The van der Waals surface area contributed by atoms with E-state index < -0.39 is 54.0 Å². The Kier molecular flexibility index (Phi) is 8.71. The molecule has 0 bridgehead atoms. The molecule has 4 rings (SSSR count). The number of aliphatic hydroxyl groups is 1. The van der Waals surface area contributed by atoms with Gasteiger partial charge in [-0.2, -0.15) is 13.2 Å². The summed E-state index contributed by atoms with van der Waals surface area (Å²) in [6, 6.07) is -2.04. The molecule has 0 radical (unpaired) electrons. The smallest absolute Gasteiger partial charge is 0.388 e. The third-order valence-electron chi connectivity index (χ3n) is 6.75. The number of hydrogen-bond donors (Lipinski definition) is 3. The zero-order valence-electron chi connectivity index (χ0n) is 21.1. The molecule has 2 aromatic rings. The van der Waals surface area contributed by atoms with Gasteiger partial charge in [-0.25, -0.2) is 18.7 Å². The molecule has 0 saturated carbocycles. The predicted molar refractivity (Wildman–Crippen MR) is 132 cm³/mol. The van der Waals surface area contributed by atoms with E-state index in [0.29, 0.717) is 17.9 Å². The van der Waals surface area contributed by atoms with Gasteiger partial charge in [-0.3, -0.25) is 9.59 Å². The summed E-state index contributed by atoms with van der Waals surface area (Å²) in [5.41, 5.74) is -1.11. The molecule has 9 nitrogen and oxygen atoms in total. The van der Waals surface area contributed by atoms with E-state index in [9.17, 15) is 36.6 Å². The second-order valence-corrected chi connectivity index (χ2v) is 10.5. The number of thiazole rings is 1. The summed E-state index contributed by atoms with van der Waals surface area (Å²) in [6.45, 7) is 3.64. The third kappa shape index (κ3) is 6.30. The standard InChI is InChI=1S/C24H28F5N5O4S/c1-3-16(24(27,28)29)32-17-7-12(20(25)26)13(8-30-17)19-18(23(37)34-6-4-5-11(34)2)33-22(39-19)21(36)31-14-9-38-10-15(14)35/h7-8,11,14-16,20,35H,3-6,9-10H2,1-2H3,(H,30,32)(H,31,36)/t11-,14+,15+,16-/m0/s1. The van der Waals surface area contributed by atoms with Crippen LogP contribution in [0, 0.1) is 0 Å². The highest BCUT2D eigenvalue weighted by Gasteiger charge is 2.39. The molecule has 214 valence electrons. The first kappa shape index (κ1) is 29.1. The van der Waals surface area contributed by atoms with E-state index >= 15 is 0 Å². The lowest BCUT2D eigenvalue weighted by molar-refractivity contribution is -0.142. The van der Waals surface area contributed by atoms with Gasteiger partial charge in [0, 0.05) is 29.9 Å². The van der Waals surface area contributed by atoms with Crippen LogP contribution in [0.25, 0.3) is 10.4 Å². The Hall–Kier alpha value is -2.91. The van der Waals surface area contributed by atoms with Crippen molar-refractivity contribution in [3.63, 3.8) is 0 Å². The fourth-order valence-corrected chi connectivity index (χ4v) is 5.53. The number of carbonyl (C=O) groups is 2. The maximum absolute atomic E-state index is 14.2. The average molecular weight is 578 g/mol. The normalized spacial score (nSPS) is 22.4. The van der Waals surface area contributed by atoms with E-state index in [-0.39, 0.29) is 46.8 Å². The van der Waals surface area contributed by atoms with Crippen molar-refractivity contribution in [2.45, 2.75) is 69.9 Å². The number of halogens is 5. The lowest BCUT2D eigenvalue weighted by Crippen LogP contribution is -2.42. The number of pyridine rings is 1. The van der Waals surface area contributed by atoms with Gasteiger partial charge in [-0.1, -0.05) is 6.92 Å². The molecule has 4 heterocycles. The number of alkyl halides is 5. The second-order valence-electron chi connectivity index (χ2n) is 9.48. The fourth-order valence-electron chi connectivity index (χ4n) is 4.54. The molecule has 39 heavy (non-hydrogen) atoms. The van der Waals surface area contributed by atoms with E-state index in [1.165, 1.54) is 11.8 Å². The number of amides is 2. The monoisotopic (exact) mass is 577 g/mol. The molecule has 2 aliphatic heterocycles. The molecule has 2 fully saturated rings. The Bertz CT molecular complexity index is 1210. The van der Waals surface area contributed by atoms with Crippen molar-refractivity contribution in [2.24, 2.45) is 0 Å². The lowest BCUT2D eigenvalue weighted by Gasteiger charge is -2.22. The lowest BCUT2D eigenvalue weighted by atomic mass is 10.1. The van der Waals surface area contributed by atoms with Crippen molar-refractivity contribution < 1.29 is 41.4 Å². The van der Waals surface area contributed by atoms with Crippen molar-refractivity contribution in [3.8, 4) is 10.4 Å². The minimum atomic E-state index is -4.62. The van der Waals surface area contributed by atoms with Crippen LogP contribution in [0.5, 0.6) is 0 Å².